The fraction of sp³-hybridized carbons (Fsp3) is 0.429. The van der Waals surface area contributed by atoms with E-state index in [-0.39, 0.29) is 29.6 Å². The molecule has 1 fully saturated rings. The highest BCUT2D eigenvalue weighted by molar-refractivity contribution is 5.97. The highest BCUT2D eigenvalue weighted by atomic mass is 19.1. The number of hydrogen-bond acceptors (Lipinski definition) is 4. The minimum atomic E-state index is -0.258. The van der Waals surface area contributed by atoms with Crippen LogP contribution in [0, 0.1) is 5.82 Å². The van der Waals surface area contributed by atoms with Gasteiger partial charge in [0.05, 0.1) is 18.2 Å². The molecule has 1 amide bonds. The van der Waals surface area contributed by atoms with E-state index in [1.807, 2.05) is 24.3 Å². The molecule has 2 aromatic rings. The topological polar surface area (TPSA) is 56.1 Å². The first kappa shape index (κ1) is 24.0. The molecule has 6 heteroatoms. The lowest BCUT2D eigenvalue weighted by molar-refractivity contribution is -0.126. The van der Waals surface area contributed by atoms with Crippen molar-refractivity contribution in [1.82, 2.24) is 9.80 Å². The molecule has 34 heavy (non-hydrogen) atoms. The van der Waals surface area contributed by atoms with Crippen LogP contribution >= 0.6 is 0 Å². The summed E-state index contributed by atoms with van der Waals surface area (Å²) in [5.74, 6) is 0.335. The standard InChI is InChI=1S/C28H34FN3O2/c1-3-5-14-26-30-27(33)24(19-32(26)25(4-2)20-10-7-6-8-11-20)28(34)31-16-15-22(18-31)21-12-9-13-23(29)17-21/h6-13,17,22,25,33H,3-5,14-16,18-19H2,1-2H3/t22?,25-/m0/s1. The third-order valence-corrected chi connectivity index (χ3v) is 6.92. The molecule has 4 rings (SSSR count). The van der Waals surface area contributed by atoms with Crippen molar-refractivity contribution < 1.29 is 14.3 Å². The number of carbonyl (C=O) groups is 1. The summed E-state index contributed by atoms with van der Waals surface area (Å²) in [6.45, 7) is 5.70. The van der Waals surface area contributed by atoms with Gasteiger partial charge in [0, 0.05) is 25.4 Å². The van der Waals surface area contributed by atoms with Gasteiger partial charge in [0.1, 0.15) is 11.7 Å². The number of unbranched alkanes of at least 4 members (excludes halogenated alkanes) is 1. The number of amidine groups is 1. The molecule has 2 aliphatic rings. The predicted octanol–water partition coefficient (Wildman–Crippen LogP) is 5.97. The molecule has 2 aliphatic heterocycles. The van der Waals surface area contributed by atoms with Crippen LogP contribution in [-0.4, -0.2) is 46.3 Å². The van der Waals surface area contributed by atoms with Gasteiger partial charge in [-0.3, -0.25) is 4.79 Å². The Balaban J connectivity index is 1.57. The van der Waals surface area contributed by atoms with E-state index in [4.69, 9.17) is 0 Å². The SMILES string of the molecule is CCCCC1=NC(O)=C(C(=O)N2CCC(c3cccc(F)c3)C2)CN1[C@@H](CC)c1ccccc1. The summed E-state index contributed by atoms with van der Waals surface area (Å²) >= 11 is 0. The molecule has 0 spiro atoms. The van der Waals surface area contributed by atoms with E-state index in [1.54, 1.807) is 17.0 Å². The quantitative estimate of drug-likeness (QED) is 0.525. The molecule has 1 unspecified atom stereocenters. The van der Waals surface area contributed by atoms with Crippen molar-refractivity contribution in [2.45, 2.75) is 57.9 Å². The summed E-state index contributed by atoms with van der Waals surface area (Å²) in [6.07, 6.45) is 4.40. The van der Waals surface area contributed by atoms with Gasteiger partial charge in [-0.15, -0.1) is 0 Å². The molecule has 2 atom stereocenters. The minimum Gasteiger partial charge on any atom is -0.493 e. The average molecular weight is 464 g/mol. The fourth-order valence-corrected chi connectivity index (χ4v) is 5.05. The van der Waals surface area contributed by atoms with Crippen LogP contribution in [0.4, 0.5) is 4.39 Å². The van der Waals surface area contributed by atoms with E-state index < -0.39 is 0 Å². The molecule has 0 saturated carbocycles. The van der Waals surface area contributed by atoms with E-state index in [0.717, 1.165) is 43.5 Å². The normalized spacial score (nSPS) is 19.4. The lowest BCUT2D eigenvalue weighted by Crippen LogP contribution is -2.43. The number of aliphatic hydroxyl groups is 1. The zero-order chi connectivity index (χ0) is 24.1. The molecule has 2 aromatic carbocycles. The molecule has 5 nitrogen and oxygen atoms in total. The number of halogens is 1. The zero-order valence-corrected chi connectivity index (χ0v) is 20.1. The van der Waals surface area contributed by atoms with E-state index in [1.165, 1.54) is 11.6 Å². The van der Waals surface area contributed by atoms with Gasteiger partial charge in [-0.05, 0) is 42.5 Å². The van der Waals surface area contributed by atoms with Crippen molar-refractivity contribution in [2.75, 3.05) is 19.6 Å². The Morgan fingerprint density at radius 2 is 1.97 bits per heavy atom. The van der Waals surface area contributed by atoms with Crippen molar-refractivity contribution in [2.24, 2.45) is 4.99 Å². The van der Waals surface area contributed by atoms with Crippen LogP contribution in [0.5, 0.6) is 0 Å². The van der Waals surface area contributed by atoms with Gasteiger partial charge in [-0.2, -0.15) is 0 Å². The maximum atomic E-state index is 13.7. The Bertz CT molecular complexity index is 1070. The smallest absolute Gasteiger partial charge is 0.257 e. The highest BCUT2D eigenvalue weighted by Crippen LogP contribution is 2.33. The zero-order valence-electron chi connectivity index (χ0n) is 20.1. The van der Waals surface area contributed by atoms with Gasteiger partial charge in [-0.25, -0.2) is 9.38 Å². The molecule has 180 valence electrons. The van der Waals surface area contributed by atoms with Gasteiger partial charge in [-0.1, -0.05) is 62.7 Å². The molecule has 1 saturated heterocycles. The average Bonchev–Trinajstić information content (AvgIpc) is 3.35. The highest BCUT2D eigenvalue weighted by Gasteiger charge is 2.35. The molecule has 0 bridgehead atoms. The first-order valence-electron chi connectivity index (χ1n) is 12.4. The van der Waals surface area contributed by atoms with E-state index in [0.29, 0.717) is 25.2 Å². The largest absolute Gasteiger partial charge is 0.493 e. The van der Waals surface area contributed by atoms with Crippen LogP contribution in [0.15, 0.2) is 71.0 Å². The van der Waals surface area contributed by atoms with Crippen LogP contribution in [0.3, 0.4) is 0 Å². The van der Waals surface area contributed by atoms with E-state index >= 15 is 0 Å². The van der Waals surface area contributed by atoms with Crippen LogP contribution in [0.2, 0.25) is 0 Å². The Hall–Kier alpha value is -3.15. The Labute approximate surface area is 201 Å². The molecule has 0 radical (unpaired) electrons. The number of aliphatic hydroxyl groups excluding tert-OH is 1. The first-order chi connectivity index (χ1) is 16.5. The number of aliphatic imine (C=N–C) groups is 1. The molecule has 1 N–H and O–H groups in total. The maximum Gasteiger partial charge on any atom is 0.257 e. The Kier molecular flexibility index (Phi) is 7.66. The molecule has 2 heterocycles. The van der Waals surface area contributed by atoms with Crippen LogP contribution in [0.25, 0.3) is 0 Å². The Morgan fingerprint density at radius 1 is 1.18 bits per heavy atom. The molecular weight excluding hydrogens is 429 g/mol. The van der Waals surface area contributed by atoms with E-state index in [2.05, 4.69) is 35.9 Å². The monoisotopic (exact) mass is 463 g/mol. The van der Waals surface area contributed by atoms with Crippen molar-refractivity contribution in [3.8, 4) is 0 Å². The summed E-state index contributed by atoms with van der Waals surface area (Å²) < 4.78 is 13.7. The second kappa shape index (κ2) is 10.9. The van der Waals surface area contributed by atoms with Crippen LogP contribution in [-0.2, 0) is 4.79 Å². The summed E-state index contributed by atoms with van der Waals surface area (Å²) in [5.41, 5.74) is 2.43. The van der Waals surface area contributed by atoms with Crippen LogP contribution in [0.1, 0.15) is 69.0 Å². The Morgan fingerprint density at radius 3 is 2.68 bits per heavy atom. The number of hydrogen-bond donors (Lipinski definition) is 1. The second-order valence-corrected chi connectivity index (χ2v) is 9.19. The van der Waals surface area contributed by atoms with Crippen molar-refractivity contribution in [3.63, 3.8) is 0 Å². The van der Waals surface area contributed by atoms with Crippen molar-refractivity contribution in [1.29, 1.82) is 0 Å². The van der Waals surface area contributed by atoms with Crippen molar-refractivity contribution >= 4 is 11.7 Å². The summed E-state index contributed by atoms with van der Waals surface area (Å²) in [7, 11) is 0. The second-order valence-electron chi connectivity index (χ2n) is 9.19. The number of benzene rings is 2. The number of nitrogens with zero attached hydrogens (tertiary/aromatic N) is 3. The van der Waals surface area contributed by atoms with Crippen molar-refractivity contribution in [3.05, 3.63) is 83.0 Å². The van der Waals surface area contributed by atoms with Gasteiger partial charge in [0.2, 0.25) is 5.88 Å². The first-order valence-corrected chi connectivity index (χ1v) is 12.4. The number of rotatable bonds is 8. The summed E-state index contributed by atoms with van der Waals surface area (Å²) in [4.78, 5) is 22.0. The molecule has 0 aromatic heterocycles. The number of likely N-dealkylation sites (tertiary alicyclic amines) is 1. The van der Waals surface area contributed by atoms with Gasteiger partial charge >= 0.3 is 0 Å². The fourth-order valence-electron chi connectivity index (χ4n) is 5.05. The molecule has 0 aliphatic carbocycles. The summed E-state index contributed by atoms with van der Waals surface area (Å²) in [6, 6.07) is 17.0. The predicted molar refractivity (Wildman–Crippen MR) is 133 cm³/mol. The van der Waals surface area contributed by atoms with Crippen LogP contribution < -0.4 is 0 Å². The number of carbonyl (C=O) groups excluding carboxylic acids is 1. The third-order valence-electron chi connectivity index (χ3n) is 6.92. The third kappa shape index (κ3) is 5.16. The number of amides is 1. The van der Waals surface area contributed by atoms with Gasteiger partial charge in [0.15, 0.2) is 0 Å². The van der Waals surface area contributed by atoms with Gasteiger partial charge in [0.25, 0.3) is 5.91 Å². The lowest BCUT2D eigenvalue weighted by atomic mass is 9.98. The minimum absolute atomic E-state index is 0.0753. The summed E-state index contributed by atoms with van der Waals surface area (Å²) in [5, 5.41) is 10.8. The lowest BCUT2D eigenvalue weighted by Gasteiger charge is -2.37. The van der Waals surface area contributed by atoms with Gasteiger partial charge < -0.3 is 14.9 Å². The van der Waals surface area contributed by atoms with E-state index in [9.17, 15) is 14.3 Å². The molecular formula is C28H34FN3O2. The maximum absolute atomic E-state index is 13.7.